The fourth-order valence-corrected chi connectivity index (χ4v) is 2.94. The summed E-state index contributed by atoms with van der Waals surface area (Å²) < 4.78 is 5.47. The third kappa shape index (κ3) is 3.41. The molecule has 1 unspecified atom stereocenters. The van der Waals surface area contributed by atoms with Crippen LogP contribution in [0.15, 0.2) is 16.5 Å². The number of furan rings is 1. The minimum absolute atomic E-state index is 0.0219. The van der Waals surface area contributed by atoms with Crippen LogP contribution in [0.5, 0.6) is 0 Å². The van der Waals surface area contributed by atoms with Crippen LogP contribution >= 0.6 is 0 Å². The quantitative estimate of drug-likeness (QED) is 0.838. The average Bonchev–Trinajstić information content (AvgIpc) is 2.95. The molecule has 1 aromatic heterocycles. The van der Waals surface area contributed by atoms with E-state index in [0.717, 1.165) is 44.7 Å². The van der Waals surface area contributed by atoms with E-state index >= 15 is 0 Å². The number of piperidine rings is 1. The van der Waals surface area contributed by atoms with Gasteiger partial charge in [0.25, 0.3) is 0 Å². The van der Waals surface area contributed by atoms with Crippen LogP contribution in [0, 0.1) is 0 Å². The molecule has 1 atom stereocenters. The third-order valence-corrected chi connectivity index (χ3v) is 4.01. The van der Waals surface area contributed by atoms with Gasteiger partial charge in [-0.3, -0.25) is 4.90 Å². The molecule has 0 radical (unpaired) electrons. The molecule has 20 heavy (non-hydrogen) atoms. The Kier molecular flexibility index (Phi) is 5.20. The van der Waals surface area contributed by atoms with Crippen molar-refractivity contribution in [1.82, 2.24) is 10.2 Å². The molecule has 1 aliphatic heterocycles. The highest BCUT2D eigenvalue weighted by Gasteiger charge is 2.27. The van der Waals surface area contributed by atoms with Gasteiger partial charge in [-0.25, -0.2) is 4.79 Å². The molecule has 5 nitrogen and oxygen atoms in total. The van der Waals surface area contributed by atoms with Crippen molar-refractivity contribution in [3.05, 3.63) is 23.7 Å². The number of carbonyl (C=O) groups is 1. The van der Waals surface area contributed by atoms with Crippen molar-refractivity contribution in [2.75, 3.05) is 19.6 Å². The summed E-state index contributed by atoms with van der Waals surface area (Å²) in [5.41, 5.74) is 0. The minimum Gasteiger partial charge on any atom is -0.475 e. The van der Waals surface area contributed by atoms with E-state index in [9.17, 15) is 4.79 Å². The second-order valence-corrected chi connectivity index (χ2v) is 5.40. The van der Waals surface area contributed by atoms with Gasteiger partial charge in [-0.15, -0.1) is 0 Å². The van der Waals surface area contributed by atoms with Crippen LogP contribution in [0.1, 0.15) is 55.5 Å². The van der Waals surface area contributed by atoms with Gasteiger partial charge < -0.3 is 14.8 Å². The third-order valence-electron chi connectivity index (χ3n) is 4.01. The van der Waals surface area contributed by atoms with Crippen LogP contribution in [-0.4, -0.2) is 41.7 Å². The summed E-state index contributed by atoms with van der Waals surface area (Å²) in [5.74, 6) is -0.240. The number of hydrogen-bond acceptors (Lipinski definition) is 4. The van der Waals surface area contributed by atoms with Crippen molar-refractivity contribution in [2.45, 2.75) is 45.2 Å². The minimum atomic E-state index is -1.01. The molecule has 0 amide bonds. The Labute approximate surface area is 119 Å². The maximum absolute atomic E-state index is 10.9. The fraction of sp³-hybridized carbons (Fsp3) is 0.667. The molecule has 0 spiro atoms. The average molecular weight is 280 g/mol. The van der Waals surface area contributed by atoms with Crippen LogP contribution in [-0.2, 0) is 0 Å². The van der Waals surface area contributed by atoms with E-state index in [4.69, 9.17) is 9.52 Å². The monoisotopic (exact) mass is 280 g/mol. The summed E-state index contributed by atoms with van der Waals surface area (Å²) in [5, 5.41) is 12.3. The highest BCUT2D eigenvalue weighted by atomic mass is 16.4. The summed E-state index contributed by atoms with van der Waals surface area (Å²) in [6.07, 6.45) is 3.36. The maximum atomic E-state index is 10.9. The Morgan fingerprint density at radius 1 is 1.50 bits per heavy atom. The standard InChI is InChI=1S/C15H24N2O3/c1-3-10-17(12-6-8-16-9-7-12)11(2)13-4-5-14(20-13)15(18)19/h4-5,11-12,16H,3,6-10H2,1-2H3,(H,18,19). The molecule has 112 valence electrons. The number of hydrogen-bond donors (Lipinski definition) is 2. The van der Waals surface area contributed by atoms with E-state index in [1.807, 2.05) is 0 Å². The molecule has 0 aromatic carbocycles. The predicted octanol–water partition coefficient (Wildman–Crippen LogP) is 2.50. The first kappa shape index (κ1) is 15.1. The summed E-state index contributed by atoms with van der Waals surface area (Å²) in [6, 6.07) is 3.99. The highest BCUT2D eigenvalue weighted by molar-refractivity contribution is 5.84. The van der Waals surface area contributed by atoms with Gasteiger partial charge in [-0.05, 0) is 58.0 Å². The van der Waals surface area contributed by atoms with Crippen molar-refractivity contribution in [2.24, 2.45) is 0 Å². The van der Waals surface area contributed by atoms with Gasteiger partial charge >= 0.3 is 5.97 Å². The van der Waals surface area contributed by atoms with E-state index < -0.39 is 5.97 Å². The van der Waals surface area contributed by atoms with Gasteiger partial charge in [0.15, 0.2) is 0 Å². The van der Waals surface area contributed by atoms with Crippen molar-refractivity contribution < 1.29 is 14.3 Å². The lowest BCUT2D eigenvalue weighted by Gasteiger charge is -2.37. The SMILES string of the molecule is CCCN(C1CCNCC1)C(C)c1ccc(C(=O)O)o1. The Morgan fingerprint density at radius 3 is 2.75 bits per heavy atom. The molecule has 0 bridgehead atoms. The van der Waals surface area contributed by atoms with Crippen LogP contribution in [0.3, 0.4) is 0 Å². The first-order valence-corrected chi connectivity index (χ1v) is 7.43. The van der Waals surface area contributed by atoms with Gasteiger partial charge in [0.2, 0.25) is 5.76 Å². The molecular weight excluding hydrogens is 256 g/mol. The van der Waals surface area contributed by atoms with Gasteiger partial charge in [0.05, 0.1) is 6.04 Å². The molecule has 5 heteroatoms. The van der Waals surface area contributed by atoms with Crippen LogP contribution in [0.4, 0.5) is 0 Å². The van der Waals surface area contributed by atoms with E-state index in [2.05, 4.69) is 24.1 Å². The number of carboxylic acid groups (broad SMARTS) is 1. The van der Waals surface area contributed by atoms with E-state index in [1.54, 1.807) is 12.1 Å². The zero-order chi connectivity index (χ0) is 14.5. The van der Waals surface area contributed by atoms with Gasteiger partial charge in [0.1, 0.15) is 5.76 Å². The fourth-order valence-electron chi connectivity index (χ4n) is 2.94. The van der Waals surface area contributed by atoms with Crippen LogP contribution < -0.4 is 5.32 Å². The molecule has 1 aliphatic rings. The van der Waals surface area contributed by atoms with Gasteiger partial charge in [-0.1, -0.05) is 6.92 Å². The number of nitrogens with one attached hydrogen (secondary N) is 1. The molecule has 2 rings (SSSR count). The van der Waals surface area contributed by atoms with E-state index in [0.29, 0.717) is 6.04 Å². The second-order valence-electron chi connectivity index (χ2n) is 5.40. The van der Waals surface area contributed by atoms with Gasteiger partial charge in [0, 0.05) is 6.04 Å². The molecule has 2 N–H and O–H groups in total. The molecule has 0 aliphatic carbocycles. The Bertz CT molecular complexity index is 438. The van der Waals surface area contributed by atoms with Crippen molar-refractivity contribution in [3.63, 3.8) is 0 Å². The summed E-state index contributed by atoms with van der Waals surface area (Å²) >= 11 is 0. The topological polar surface area (TPSA) is 65.7 Å². The van der Waals surface area contributed by atoms with E-state index in [1.165, 1.54) is 0 Å². The first-order valence-electron chi connectivity index (χ1n) is 7.43. The molecule has 2 heterocycles. The first-order chi connectivity index (χ1) is 9.63. The largest absolute Gasteiger partial charge is 0.475 e. The second kappa shape index (κ2) is 6.90. The molecule has 1 fully saturated rings. The lowest BCUT2D eigenvalue weighted by atomic mass is 10.0. The number of rotatable bonds is 6. The molecule has 0 saturated carbocycles. The van der Waals surface area contributed by atoms with Crippen LogP contribution in [0.2, 0.25) is 0 Å². The Hall–Kier alpha value is -1.33. The van der Waals surface area contributed by atoms with E-state index in [-0.39, 0.29) is 11.8 Å². The van der Waals surface area contributed by atoms with Crippen molar-refractivity contribution in [1.29, 1.82) is 0 Å². The smallest absolute Gasteiger partial charge is 0.371 e. The lowest BCUT2D eigenvalue weighted by molar-refractivity contribution is 0.0648. The lowest BCUT2D eigenvalue weighted by Crippen LogP contribution is -2.44. The Morgan fingerprint density at radius 2 is 2.20 bits per heavy atom. The van der Waals surface area contributed by atoms with Crippen molar-refractivity contribution >= 4 is 5.97 Å². The van der Waals surface area contributed by atoms with Gasteiger partial charge in [-0.2, -0.15) is 0 Å². The summed E-state index contributed by atoms with van der Waals surface area (Å²) in [6.45, 7) is 7.38. The number of aromatic carboxylic acids is 1. The molecular formula is C15H24N2O3. The summed E-state index contributed by atoms with van der Waals surface area (Å²) in [7, 11) is 0. The normalized spacial score (nSPS) is 18.4. The molecule has 1 saturated heterocycles. The zero-order valence-corrected chi connectivity index (χ0v) is 12.3. The van der Waals surface area contributed by atoms with Crippen LogP contribution in [0.25, 0.3) is 0 Å². The van der Waals surface area contributed by atoms with Crippen molar-refractivity contribution in [3.8, 4) is 0 Å². The predicted molar refractivity (Wildman–Crippen MR) is 77.0 cm³/mol. The highest BCUT2D eigenvalue weighted by Crippen LogP contribution is 2.27. The number of carboxylic acids is 1. The summed E-state index contributed by atoms with van der Waals surface area (Å²) in [4.78, 5) is 13.4. The molecule has 1 aromatic rings. The maximum Gasteiger partial charge on any atom is 0.371 e. The number of nitrogens with zero attached hydrogens (tertiary/aromatic N) is 1. The Balaban J connectivity index is 2.11. The zero-order valence-electron chi connectivity index (χ0n) is 12.3.